The van der Waals surface area contributed by atoms with Gasteiger partial charge in [0, 0.05) is 16.7 Å². The Labute approximate surface area is 362 Å². The molecular formula is C45H33F9N8O2. The van der Waals surface area contributed by atoms with E-state index in [1.54, 1.807) is 30.3 Å². The molecule has 0 aliphatic heterocycles. The molecule has 0 N–H and O–H groups in total. The highest BCUT2D eigenvalue weighted by Crippen LogP contribution is 2.33. The topological polar surface area (TPSA) is 209 Å². The highest BCUT2D eigenvalue weighted by molar-refractivity contribution is 5.57. The van der Waals surface area contributed by atoms with Gasteiger partial charge in [0.05, 0.1) is 35.5 Å². The summed E-state index contributed by atoms with van der Waals surface area (Å²) in [6, 6.07) is 12.0. The van der Waals surface area contributed by atoms with Crippen LogP contribution in [-0.2, 0) is 0 Å². The van der Waals surface area contributed by atoms with Gasteiger partial charge < -0.3 is 9.47 Å². The maximum Gasteiger partial charge on any atom is 0.187 e. The highest BCUT2D eigenvalue weighted by Gasteiger charge is 2.26. The Morgan fingerprint density at radius 2 is 0.547 bits per heavy atom. The van der Waals surface area contributed by atoms with Crippen LogP contribution in [0.2, 0.25) is 0 Å². The lowest BCUT2D eigenvalue weighted by atomic mass is 9.98. The van der Waals surface area contributed by atoms with Gasteiger partial charge in [-0.15, -0.1) is 0 Å². The lowest BCUT2D eigenvalue weighted by Gasteiger charge is -2.12. The first-order chi connectivity index (χ1) is 30.2. The Kier molecular flexibility index (Phi) is 20.9. The van der Waals surface area contributed by atoms with Crippen molar-refractivity contribution in [1.29, 1.82) is 42.1 Å². The Hall–Kier alpha value is -8.23. The number of rotatable bonds is 8. The number of hydrogen-bond acceptors (Lipinski definition) is 10. The molecule has 64 heavy (non-hydrogen) atoms. The van der Waals surface area contributed by atoms with Crippen molar-refractivity contribution in [2.45, 2.75) is 74.1 Å². The van der Waals surface area contributed by atoms with Gasteiger partial charge in [-0.1, -0.05) is 26.7 Å². The number of nitriles is 8. The molecule has 0 atom stereocenters. The van der Waals surface area contributed by atoms with Crippen LogP contribution in [0.5, 0.6) is 11.5 Å². The van der Waals surface area contributed by atoms with Crippen LogP contribution in [0.4, 0.5) is 39.5 Å². The summed E-state index contributed by atoms with van der Waals surface area (Å²) < 4.78 is 131. The molecule has 0 saturated carbocycles. The van der Waals surface area contributed by atoms with Crippen LogP contribution < -0.4 is 9.47 Å². The van der Waals surface area contributed by atoms with E-state index in [1.807, 2.05) is 13.8 Å². The van der Waals surface area contributed by atoms with Gasteiger partial charge in [-0.25, -0.2) is 39.5 Å². The van der Waals surface area contributed by atoms with E-state index in [0.717, 1.165) is 19.8 Å². The van der Waals surface area contributed by atoms with Crippen LogP contribution in [0.3, 0.4) is 0 Å². The average Bonchev–Trinajstić information content (AvgIpc) is 3.28. The summed E-state index contributed by atoms with van der Waals surface area (Å²) in [4.78, 5) is 0. The minimum atomic E-state index is -1.62. The maximum absolute atomic E-state index is 13.9. The molecule has 0 amide bonds. The van der Waals surface area contributed by atoms with Gasteiger partial charge in [0.1, 0.15) is 88.3 Å². The molecule has 10 nitrogen and oxygen atoms in total. The Morgan fingerprint density at radius 1 is 0.312 bits per heavy atom. The van der Waals surface area contributed by atoms with Crippen molar-refractivity contribution in [3.05, 3.63) is 125 Å². The highest BCUT2D eigenvalue weighted by atomic mass is 19.2. The zero-order valence-electron chi connectivity index (χ0n) is 35.0. The van der Waals surface area contributed by atoms with Crippen molar-refractivity contribution >= 4 is 0 Å². The van der Waals surface area contributed by atoms with Gasteiger partial charge in [0.2, 0.25) is 0 Å². The van der Waals surface area contributed by atoms with E-state index in [9.17, 15) is 39.5 Å². The SMILES string of the molecule is CCCCOc1c(F)c(C#N)c(C)c(F)c1C#N.CCCCOc1c(F)c(C#N)c(F)c(C)c1C#N.Cc1c(C)c(C#N)c(F)c(F)c1C#N.Cc1c(F)c(C#N)c(F)c(F)c1C#N. The molecule has 0 bridgehead atoms. The van der Waals surface area contributed by atoms with Crippen molar-refractivity contribution in [3.8, 4) is 60.1 Å². The van der Waals surface area contributed by atoms with Gasteiger partial charge in [-0.3, -0.25) is 0 Å². The second-order valence-corrected chi connectivity index (χ2v) is 12.9. The standard InChI is InChI=1S/2C13H12F2N2O.C10H6F2N2.C9H3F3N2/c1-3-4-5-18-13-9(6-16)8(2)11(14)10(7-17)12(13)15;1-3-4-5-18-13-10(7-17)11(14)8(2)9(6-16)12(13)15;1-5-6(2)8(4-14)10(12)9(11)7(5)3-13;1-4-5(2-13)8(11)9(12)6(3-14)7(4)10/h2*3-5H2,1-2H3;1-2H3;1H3. The lowest BCUT2D eigenvalue weighted by molar-refractivity contribution is 0.291. The molecule has 0 unspecified atom stereocenters. The first-order valence-electron chi connectivity index (χ1n) is 18.4. The summed E-state index contributed by atoms with van der Waals surface area (Å²) in [5.41, 5.74) is -4.17. The van der Waals surface area contributed by atoms with Crippen LogP contribution in [0.15, 0.2) is 0 Å². The van der Waals surface area contributed by atoms with E-state index in [1.165, 1.54) is 45.9 Å². The average molecular weight is 889 g/mol. The molecule has 0 heterocycles. The van der Waals surface area contributed by atoms with Crippen LogP contribution in [-0.4, -0.2) is 13.2 Å². The number of hydrogen-bond donors (Lipinski definition) is 0. The predicted octanol–water partition coefficient (Wildman–Crippen LogP) is 10.9. The lowest BCUT2D eigenvalue weighted by Crippen LogP contribution is -2.06. The van der Waals surface area contributed by atoms with Crippen molar-refractivity contribution in [3.63, 3.8) is 0 Å². The van der Waals surface area contributed by atoms with E-state index >= 15 is 0 Å². The van der Waals surface area contributed by atoms with E-state index in [0.29, 0.717) is 24.0 Å². The maximum atomic E-state index is 13.9. The number of ether oxygens (including phenoxy) is 2. The van der Waals surface area contributed by atoms with E-state index in [-0.39, 0.29) is 52.3 Å². The zero-order valence-corrected chi connectivity index (χ0v) is 35.0. The van der Waals surface area contributed by atoms with Gasteiger partial charge in [0.25, 0.3) is 0 Å². The fourth-order valence-corrected chi connectivity index (χ4v) is 5.14. The molecule has 0 aliphatic carbocycles. The van der Waals surface area contributed by atoms with Crippen molar-refractivity contribution < 1.29 is 49.0 Å². The molecule has 0 radical (unpaired) electrons. The number of halogens is 9. The molecule has 0 saturated heterocycles. The van der Waals surface area contributed by atoms with Gasteiger partial charge in [-0.05, 0) is 58.6 Å². The zero-order chi connectivity index (χ0) is 49.2. The quantitative estimate of drug-likeness (QED) is 0.0928. The van der Waals surface area contributed by atoms with Crippen LogP contribution >= 0.6 is 0 Å². The molecule has 19 heteroatoms. The first kappa shape index (κ1) is 53.8. The molecule has 0 spiro atoms. The summed E-state index contributed by atoms with van der Waals surface area (Å²) in [7, 11) is 0. The van der Waals surface area contributed by atoms with Gasteiger partial charge >= 0.3 is 0 Å². The van der Waals surface area contributed by atoms with E-state index in [2.05, 4.69) is 0 Å². The summed E-state index contributed by atoms with van der Waals surface area (Å²) in [6.45, 7) is 10.9. The predicted molar refractivity (Wildman–Crippen MR) is 208 cm³/mol. The first-order valence-corrected chi connectivity index (χ1v) is 18.4. The number of nitrogens with zero attached hydrogens (tertiary/aromatic N) is 8. The summed E-state index contributed by atoms with van der Waals surface area (Å²) in [5, 5.41) is 69.2. The van der Waals surface area contributed by atoms with Crippen LogP contribution in [0, 0.1) is 178 Å². The van der Waals surface area contributed by atoms with Crippen molar-refractivity contribution in [2.75, 3.05) is 13.2 Å². The monoisotopic (exact) mass is 888 g/mol. The Morgan fingerprint density at radius 3 is 0.875 bits per heavy atom. The van der Waals surface area contributed by atoms with Crippen molar-refractivity contribution in [2.24, 2.45) is 0 Å². The summed E-state index contributed by atoms with van der Waals surface area (Å²) >= 11 is 0. The fourth-order valence-electron chi connectivity index (χ4n) is 5.14. The molecule has 0 fully saturated rings. The van der Waals surface area contributed by atoms with Crippen molar-refractivity contribution in [1.82, 2.24) is 0 Å². The van der Waals surface area contributed by atoms with Gasteiger partial charge in [0.15, 0.2) is 46.4 Å². The second kappa shape index (κ2) is 24.9. The number of unbranched alkanes of at least 4 members (excludes halogenated alkanes) is 2. The van der Waals surface area contributed by atoms with Crippen LogP contribution in [0.1, 0.15) is 112 Å². The largest absolute Gasteiger partial charge is 0.489 e. The molecule has 0 aliphatic rings. The smallest absolute Gasteiger partial charge is 0.187 e. The van der Waals surface area contributed by atoms with E-state index < -0.39 is 85.9 Å². The normalized spacial score (nSPS) is 9.50. The molecular weight excluding hydrogens is 856 g/mol. The van der Waals surface area contributed by atoms with E-state index in [4.69, 9.17) is 51.6 Å². The van der Waals surface area contributed by atoms with Crippen LogP contribution in [0.25, 0.3) is 0 Å². The second-order valence-electron chi connectivity index (χ2n) is 12.9. The Balaban J connectivity index is 0.000000430. The van der Waals surface area contributed by atoms with Gasteiger partial charge in [-0.2, -0.15) is 42.1 Å². The third-order valence-corrected chi connectivity index (χ3v) is 9.02. The minimum Gasteiger partial charge on any atom is -0.489 e. The number of benzene rings is 4. The molecule has 4 aromatic carbocycles. The summed E-state index contributed by atoms with van der Waals surface area (Å²) in [6.07, 6.45) is 3.00. The molecule has 328 valence electrons. The molecule has 4 rings (SSSR count). The fraction of sp³-hybridized carbons (Fsp3) is 0.289. The molecule has 0 aromatic heterocycles. The molecule has 4 aromatic rings. The third-order valence-electron chi connectivity index (χ3n) is 9.02. The minimum absolute atomic E-state index is 0.0676. The Bertz CT molecular complexity index is 2470. The third kappa shape index (κ3) is 11.6. The summed E-state index contributed by atoms with van der Waals surface area (Å²) in [5.74, 6) is -11.6.